The SMILES string of the molecule is CC(C)(C)c1ccc(CCC(=O)N2CCC(=O)C2(C)C)cc1. The molecule has 0 unspecified atom stereocenters. The molecule has 0 spiro atoms. The molecule has 3 heteroatoms. The van der Waals surface area contributed by atoms with Gasteiger partial charge in [-0.3, -0.25) is 9.59 Å². The Labute approximate surface area is 133 Å². The molecule has 1 aliphatic rings. The van der Waals surface area contributed by atoms with Gasteiger partial charge in [0, 0.05) is 19.4 Å². The number of amides is 1. The van der Waals surface area contributed by atoms with Crippen LogP contribution in [0.5, 0.6) is 0 Å². The van der Waals surface area contributed by atoms with E-state index in [1.165, 1.54) is 11.1 Å². The molecule has 1 aliphatic heterocycles. The van der Waals surface area contributed by atoms with Gasteiger partial charge in [-0.15, -0.1) is 0 Å². The van der Waals surface area contributed by atoms with Crippen molar-refractivity contribution >= 4 is 11.7 Å². The number of nitrogens with zero attached hydrogens (tertiary/aromatic N) is 1. The second kappa shape index (κ2) is 5.86. The van der Waals surface area contributed by atoms with Gasteiger partial charge in [0.25, 0.3) is 0 Å². The van der Waals surface area contributed by atoms with Gasteiger partial charge in [0.2, 0.25) is 5.91 Å². The Morgan fingerprint density at radius 3 is 2.23 bits per heavy atom. The fraction of sp³-hybridized carbons (Fsp3) is 0.579. The predicted octanol–water partition coefficient (Wildman–Crippen LogP) is 3.50. The van der Waals surface area contributed by atoms with Crippen LogP contribution in [-0.4, -0.2) is 28.7 Å². The molecule has 1 aromatic carbocycles. The lowest BCUT2D eigenvalue weighted by Crippen LogP contribution is -2.46. The van der Waals surface area contributed by atoms with Crippen molar-refractivity contribution in [1.29, 1.82) is 0 Å². The fourth-order valence-corrected chi connectivity index (χ4v) is 2.94. The number of ketones is 1. The van der Waals surface area contributed by atoms with Crippen LogP contribution in [0, 0.1) is 0 Å². The third-order valence-corrected chi connectivity index (χ3v) is 4.67. The number of aryl methyl sites for hydroxylation is 1. The maximum atomic E-state index is 12.4. The summed E-state index contributed by atoms with van der Waals surface area (Å²) in [6, 6.07) is 8.49. The number of hydrogen-bond acceptors (Lipinski definition) is 2. The number of hydrogen-bond donors (Lipinski definition) is 0. The molecule has 1 fully saturated rings. The highest BCUT2D eigenvalue weighted by Crippen LogP contribution is 2.26. The molecule has 0 atom stereocenters. The van der Waals surface area contributed by atoms with Crippen LogP contribution in [-0.2, 0) is 21.4 Å². The predicted molar refractivity (Wildman–Crippen MR) is 88.9 cm³/mol. The van der Waals surface area contributed by atoms with Crippen molar-refractivity contribution in [1.82, 2.24) is 4.90 Å². The Kier molecular flexibility index (Phi) is 4.46. The van der Waals surface area contributed by atoms with Crippen molar-refractivity contribution in [3.8, 4) is 0 Å². The van der Waals surface area contributed by atoms with Gasteiger partial charge in [-0.25, -0.2) is 0 Å². The summed E-state index contributed by atoms with van der Waals surface area (Å²) in [5.74, 6) is 0.242. The van der Waals surface area contributed by atoms with E-state index >= 15 is 0 Å². The molecule has 0 aromatic heterocycles. The smallest absolute Gasteiger partial charge is 0.223 e. The minimum atomic E-state index is -0.632. The standard InChI is InChI=1S/C19H27NO2/c1-18(2,3)15-9-6-14(7-10-15)8-11-17(22)20-13-12-16(21)19(20,4)5/h6-7,9-10H,8,11-13H2,1-5H3. The Hall–Kier alpha value is -1.64. The van der Waals surface area contributed by atoms with Crippen molar-refractivity contribution in [2.75, 3.05) is 6.54 Å². The van der Waals surface area contributed by atoms with Gasteiger partial charge in [-0.1, -0.05) is 45.0 Å². The van der Waals surface area contributed by atoms with Gasteiger partial charge >= 0.3 is 0 Å². The van der Waals surface area contributed by atoms with Crippen LogP contribution in [0.4, 0.5) is 0 Å². The number of rotatable bonds is 3. The molecule has 1 amide bonds. The highest BCUT2D eigenvalue weighted by molar-refractivity contribution is 5.95. The molecule has 1 saturated heterocycles. The van der Waals surface area contributed by atoms with Crippen molar-refractivity contribution < 1.29 is 9.59 Å². The topological polar surface area (TPSA) is 37.4 Å². The lowest BCUT2D eigenvalue weighted by atomic mass is 9.86. The summed E-state index contributed by atoms with van der Waals surface area (Å²) >= 11 is 0. The van der Waals surface area contributed by atoms with Crippen molar-refractivity contribution in [3.05, 3.63) is 35.4 Å². The van der Waals surface area contributed by atoms with Crippen molar-refractivity contribution in [2.24, 2.45) is 0 Å². The van der Waals surface area contributed by atoms with E-state index in [9.17, 15) is 9.59 Å². The van der Waals surface area contributed by atoms with E-state index in [4.69, 9.17) is 0 Å². The van der Waals surface area contributed by atoms with Crippen LogP contribution in [0.15, 0.2) is 24.3 Å². The molecule has 1 heterocycles. The molecular formula is C19H27NO2. The van der Waals surface area contributed by atoms with Crippen molar-refractivity contribution in [3.63, 3.8) is 0 Å². The highest BCUT2D eigenvalue weighted by atomic mass is 16.2. The van der Waals surface area contributed by atoms with Crippen LogP contribution >= 0.6 is 0 Å². The van der Waals surface area contributed by atoms with E-state index in [1.54, 1.807) is 4.90 Å². The monoisotopic (exact) mass is 301 g/mol. The van der Waals surface area contributed by atoms with Gasteiger partial charge in [-0.05, 0) is 36.8 Å². The minimum absolute atomic E-state index is 0.0794. The fourth-order valence-electron chi connectivity index (χ4n) is 2.94. The zero-order valence-electron chi connectivity index (χ0n) is 14.4. The van der Waals surface area contributed by atoms with Gasteiger partial charge in [0.15, 0.2) is 5.78 Å². The van der Waals surface area contributed by atoms with Gasteiger partial charge in [-0.2, -0.15) is 0 Å². The minimum Gasteiger partial charge on any atom is -0.330 e. The molecule has 22 heavy (non-hydrogen) atoms. The van der Waals surface area contributed by atoms with E-state index in [2.05, 4.69) is 45.0 Å². The number of Topliss-reactive ketones (excluding diaryl/α,β-unsaturated/α-hetero) is 1. The summed E-state index contributed by atoms with van der Waals surface area (Å²) in [5.41, 5.74) is 1.99. The first kappa shape index (κ1) is 16.7. The van der Waals surface area contributed by atoms with Crippen LogP contribution < -0.4 is 0 Å². The van der Waals surface area contributed by atoms with Gasteiger partial charge < -0.3 is 4.90 Å². The van der Waals surface area contributed by atoms with E-state index in [1.807, 2.05) is 13.8 Å². The molecule has 0 aliphatic carbocycles. The van der Waals surface area contributed by atoms with E-state index in [-0.39, 0.29) is 17.1 Å². The normalized spacial score (nSPS) is 17.9. The molecule has 0 radical (unpaired) electrons. The highest BCUT2D eigenvalue weighted by Gasteiger charge is 2.42. The molecule has 3 nitrogen and oxygen atoms in total. The molecule has 1 aromatic rings. The lowest BCUT2D eigenvalue weighted by Gasteiger charge is -2.30. The average molecular weight is 301 g/mol. The first-order chi connectivity index (χ1) is 10.1. The van der Waals surface area contributed by atoms with Gasteiger partial charge in [0.1, 0.15) is 0 Å². The quantitative estimate of drug-likeness (QED) is 0.857. The second-order valence-electron chi connectivity index (χ2n) is 7.72. The van der Waals surface area contributed by atoms with Crippen LogP contribution in [0.1, 0.15) is 58.6 Å². The average Bonchev–Trinajstić information content (AvgIpc) is 2.70. The Balaban J connectivity index is 1.96. The summed E-state index contributed by atoms with van der Waals surface area (Å²) in [5, 5.41) is 0. The summed E-state index contributed by atoms with van der Waals surface area (Å²) in [7, 11) is 0. The molecule has 0 saturated carbocycles. The first-order valence-electron chi connectivity index (χ1n) is 8.05. The number of benzene rings is 1. The van der Waals surface area contributed by atoms with E-state index in [0.717, 1.165) is 6.42 Å². The maximum absolute atomic E-state index is 12.4. The summed E-state index contributed by atoms with van der Waals surface area (Å²) in [4.78, 5) is 25.9. The zero-order valence-corrected chi connectivity index (χ0v) is 14.4. The first-order valence-corrected chi connectivity index (χ1v) is 8.05. The number of likely N-dealkylation sites (tertiary alicyclic amines) is 1. The van der Waals surface area contributed by atoms with Crippen molar-refractivity contribution in [2.45, 2.75) is 64.8 Å². The molecule has 120 valence electrons. The summed E-state index contributed by atoms with van der Waals surface area (Å²) in [6.45, 7) is 10.8. The molecule has 0 bridgehead atoms. The Bertz CT molecular complexity index is 564. The van der Waals surface area contributed by atoms with Crippen LogP contribution in [0.2, 0.25) is 0 Å². The van der Waals surface area contributed by atoms with E-state index < -0.39 is 5.54 Å². The Morgan fingerprint density at radius 1 is 1.18 bits per heavy atom. The third kappa shape index (κ3) is 3.40. The van der Waals surface area contributed by atoms with Crippen LogP contribution in [0.25, 0.3) is 0 Å². The largest absolute Gasteiger partial charge is 0.330 e. The summed E-state index contributed by atoms with van der Waals surface area (Å²) < 4.78 is 0. The third-order valence-electron chi connectivity index (χ3n) is 4.67. The number of carbonyl (C=O) groups excluding carboxylic acids is 2. The Morgan fingerprint density at radius 2 is 1.77 bits per heavy atom. The second-order valence-corrected chi connectivity index (χ2v) is 7.72. The van der Waals surface area contributed by atoms with Crippen LogP contribution in [0.3, 0.4) is 0 Å². The number of carbonyl (C=O) groups is 2. The van der Waals surface area contributed by atoms with E-state index in [0.29, 0.717) is 19.4 Å². The summed E-state index contributed by atoms with van der Waals surface area (Å²) in [6.07, 6.45) is 1.68. The maximum Gasteiger partial charge on any atom is 0.223 e. The molecule has 0 N–H and O–H groups in total. The molecule has 2 rings (SSSR count). The van der Waals surface area contributed by atoms with Gasteiger partial charge in [0.05, 0.1) is 5.54 Å². The molecular weight excluding hydrogens is 274 g/mol. The lowest BCUT2D eigenvalue weighted by molar-refractivity contribution is -0.138. The zero-order chi connectivity index (χ0) is 16.5.